The zero-order valence-corrected chi connectivity index (χ0v) is 12.7. The number of nitrogens with zero attached hydrogens (tertiary/aromatic N) is 2. The smallest absolute Gasteiger partial charge is 0.0649 e. The van der Waals surface area contributed by atoms with Crippen LogP contribution in [-0.2, 0) is 12.8 Å². The van der Waals surface area contributed by atoms with Crippen molar-refractivity contribution in [1.82, 2.24) is 9.78 Å². The normalized spacial score (nSPS) is 11.0. The molecule has 0 aliphatic carbocycles. The van der Waals surface area contributed by atoms with Gasteiger partial charge in [-0.3, -0.25) is 0 Å². The summed E-state index contributed by atoms with van der Waals surface area (Å²) >= 11 is 0. The Morgan fingerprint density at radius 3 is 2.40 bits per heavy atom. The third-order valence-corrected chi connectivity index (χ3v) is 3.80. The van der Waals surface area contributed by atoms with Crippen LogP contribution in [0.25, 0.3) is 5.69 Å². The molecule has 0 aliphatic rings. The lowest BCUT2D eigenvalue weighted by Gasteiger charge is -2.06. The summed E-state index contributed by atoms with van der Waals surface area (Å²) in [6.45, 7) is 6.65. The Balaban J connectivity index is 2.28. The van der Waals surface area contributed by atoms with Crippen molar-refractivity contribution >= 4 is 0 Å². The third-order valence-electron chi connectivity index (χ3n) is 3.80. The summed E-state index contributed by atoms with van der Waals surface area (Å²) in [5.41, 5.74) is 6.01. The average molecular weight is 272 g/mol. The highest BCUT2D eigenvalue weighted by Crippen LogP contribution is 2.20. The van der Waals surface area contributed by atoms with Crippen LogP contribution in [0, 0.1) is 13.8 Å². The van der Waals surface area contributed by atoms with Gasteiger partial charge in [0.15, 0.2) is 0 Å². The fourth-order valence-electron chi connectivity index (χ4n) is 2.57. The molecule has 108 valence electrons. The van der Waals surface area contributed by atoms with Crippen LogP contribution in [0.3, 0.4) is 0 Å². The van der Waals surface area contributed by atoms with Crippen LogP contribution in [-0.4, -0.2) is 21.5 Å². The number of rotatable bonds is 6. The molecule has 3 heteroatoms. The summed E-state index contributed by atoms with van der Waals surface area (Å²) in [6, 6.07) is 8.28. The highest BCUT2D eigenvalue weighted by molar-refractivity contribution is 5.38. The topological polar surface area (TPSA) is 38.0 Å². The number of aryl methyl sites for hydroxylation is 1. The summed E-state index contributed by atoms with van der Waals surface area (Å²) < 4.78 is 2.03. The minimum atomic E-state index is 0.195. The van der Waals surface area contributed by atoms with E-state index in [0.29, 0.717) is 6.42 Å². The van der Waals surface area contributed by atoms with Crippen LogP contribution in [0.2, 0.25) is 0 Å². The molecule has 1 N–H and O–H groups in total. The van der Waals surface area contributed by atoms with Gasteiger partial charge in [0, 0.05) is 12.3 Å². The van der Waals surface area contributed by atoms with Crippen LogP contribution < -0.4 is 0 Å². The van der Waals surface area contributed by atoms with E-state index in [1.54, 1.807) is 0 Å². The van der Waals surface area contributed by atoms with Gasteiger partial charge in [0.1, 0.15) is 0 Å². The molecule has 0 spiro atoms. The van der Waals surface area contributed by atoms with E-state index >= 15 is 0 Å². The molecule has 2 rings (SSSR count). The van der Waals surface area contributed by atoms with Gasteiger partial charge < -0.3 is 5.11 Å². The van der Waals surface area contributed by atoms with E-state index in [4.69, 9.17) is 5.11 Å². The molecule has 20 heavy (non-hydrogen) atoms. The number of aromatic nitrogens is 2. The van der Waals surface area contributed by atoms with Gasteiger partial charge in [-0.1, -0.05) is 25.5 Å². The second-order valence-electron chi connectivity index (χ2n) is 5.30. The van der Waals surface area contributed by atoms with Gasteiger partial charge in [-0.15, -0.1) is 0 Å². The molecule has 0 radical (unpaired) electrons. The SMILES string of the molecule is CCCCc1c(C)nn(-c2ccc(CCO)cc2)c1C. The van der Waals surface area contributed by atoms with E-state index in [2.05, 4.69) is 50.1 Å². The van der Waals surface area contributed by atoms with Gasteiger partial charge in [0.05, 0.1) is 11.4 Å². The van der Waals surface area contributed by atoms with Gasteiger partial charge >= 0.3 is 0 Å². The molecule has 1 aromatic carbocycles. The van der Waals surface area contributed by atoms with Crippen molar-refractivity contribution in [3.63, 3.8) is 0 Å². The predicted molar refractivity (Wildman–Crippen MR) is 82.4 cm³/mol. The van der Waals surface area contributed by atoms with Crippen molar-refractivity contribution in [3.05, 3.63) is 46.8 Å². The summed E-state index contributed by atoms with van der Waals surface area (Å²) in [6.07, 6.45) is 4.23. The molecular weight excluding hydrogens is 248 g/mol. The van der Waals surface area contributed by atoms with Gasteiger partial charge in [0.25, 0.3) is 0 Å². The first kappa shape index (κ1) is 14.8. The molecule has 3 nitrogen and oxygen atoms in total. The van der Waals surface area contributed by atoms with E-state index in [9.17, 15) is 0 Å². The molecular formula is C17H24N2O. The van der Waals surface area contributed by atoms with Crippen molar-refractivity contribution in [2.24, 2.45) is 0 Å². The molecule has 0 bridgehead atoms. The lowest BCUT2D eigenvalue weighted by atomic mass is 10.1. The van der Waals surface area contributed by atoms with Crippen molar-refractivity contribution in [2.75, 3.05) is 6.61 Å². The Labute approximate surface area is 121 Å². The van der Waals surface area contributed by atoms with E-state index in [-0.39, 0.29) is 6.61 Å². The molecule has 0 unspecified atom stereocenters. The van der Waals surface area contributed by atoms with Crippen molar-refractivity contribution in [1.29, 1.82) is 0 Å². The minimum Gasteiger partial charge on any atom is -0.396 e. The van der Waals surface area contributed by atoms with E-state index in [0.717, 1.165) is 23.4 Å². The number of unbranched alkanes of at least 4 members (excludes halogenated alkanes) is 1. The standard InChI is InChI=1S/C17H24N2O/c1-4-5-6-17-13(2)18-19(14(17)3)16-9-7-15(8-10-16)11-12-20/h7-10,20H,4-6,11-12H2,1-3H3. The van der Waals surface area contributed by atoms with Crippen molar-refractivity contribution in [3.8, 4) is 5.69 Å². The maximum Gasteiger partial charge on any atom is 0.0649 e. The fraction of sp³-hybridized carbons (Fsp3) is 0.471. The Morgan fingerprint density at radius 2 is 1.80 bits per heavy atom. The van der Waals surface area contributed by atoms with Crippen molar-refractivity contribution < 1.29 is 5.11 Å². The first-order valence-corrected chi connectivity index (χ1v) is 7.42. The first-order chi connectivity index (χ1) is 9.67. The van der Waals surface area contributed by atoms with Crippen LogP contribution in [0.15, 0.2) is 24.3 Å². The molecule has 0 saturated carbocycles. The first-order valence-electron chi connectivity index (χ1n) is 7.42. The zero-order valence-electron chi connectivity index (χ0n) is 12.7. The summed E-state index contributed by atoms with van der Waals surface area (Å²) in [5, 5.41) is 13.6. The third kappa shape index (κ3) is 3.10. The molecule has 0 aliphatic heterocycles. The fourth-order valence-corrected chi connectivity index (χ4v) is 2.57. The molecule has 0 amide bonds. The van der Waals surface area contributed by atoms with Crippen LogP contribution >= 0.6 is 0 Å². The number of benzene rings is 1. The highest BCUT2D eigenvalue weighted by Gasteiger charge is 2.12. The number of aliphatic hydroxyl groups is 1. The summed E-state index contributed by atoms with van der Waals surface area (Å²) in [4.78, 5) is 0. The molecule has 0 saturated heterocycles. The number of hydrogen-bond donors (Lipinski definition) is 1. The second kappa shape index (κ2) is 6.71. The lowest BCUT2D eigenvalue weighted by molar-refractivity contribution is 0.299. The molecule has 2 aromatic rings. The Kier molecular flexibility index (Phi) is 4.96. The van der Waals surface area contributed by atoms with Crippen LogP contribution in [0.5, 0.6) is 0 Å². The molecule has 0 atom stereocenters. The minimum absolute atomic E-state index is 0.195. The molecule has 0 fully saturated rings. The lowest BCUT2D eigenvalue weighted by Crippen LogP contribution is -2.00. The quantitative estimate of drug-likeness (QED) is 0.875. The maximum absolute atomic E-state index is 8.95. The zero-order chi connectivity index (χ0) is 14.5. The van der Waals surface area contributed by atoms with Crippen LogP contribution in [0.1, 0.15) is 42.3 Å². The maximum atomic E-state index is 8.95. The monoisotopic (exact) mass is 272 g/mol. The van der Waals surface area contributed by atoms with Gasteiger partial charge in [-0.25, -0.2) is 4.68 Å². The second-order valence-corrected chi connectivity index (χ2v) is 5.30. The van der Waals surface area contributed by atoms with Crippen molar-refractivity contribution in [2.45, 2.75) is 46.5 Å². The number of aliphatic hydroxyl groups excluding tert-OH is 1. The Morgan fingerprint density at radius 1 is 1.10 bits per heavy atom. The Bertz CT molecular complexity index is 555. The van der Waals surface area contributed by atoms with Gasteiger partial charge in [-0.2, -0.15) is 5.10 Å². The van der Waals surface area contributed by atoms with E-state index < -0.39 is 0 Å². The van der Waals surface area contributed by atoms with Gasteiger partial charge in [0.2, 0.25) is 0 Å². The van der Waals surface area contributed by atoms with E-state index in [1.807, 2.05) is 4.68 Å². The largest absolute Gasteiger partial charge is 0.396 e. The average Bonchev–Trinajstić information content (AvgIpc) is 2.73. The summed E-state index contributed by atoms with van der Waals surface area (Å²) in [5.74, 6) is 0. The van der Waals surface area contributed by atoms with E-state index in [1.165, 1.54) is 24.1 Å². The number of hydrogen-bond acceptors (Lipinski definition) is 2. The molecule has 1 heterocycles. The highest BCUT2D eigenvalue weighted by atomic mass is 16.2. The Hall–Kier alpha value is -1.61. The summed E-state index contributed by atoms with van der Waals surface area (Å²) in [7, 11) is 0. The van der Waals surface area contributed by atoms with Gasteiger partial charge in [-0.05, 0) is 56.4 Å². The van der Waals surface area contributed by atoms with Crippen LogP contribution in [0.4, 0.5) is 0 Å². The molecule has 1 aromatic heterocycles. The predicted octanol–water partition coefficient (Wildman–Crippen LogP) is 3.37.